The molecule has 2 aromatic heterocycles. The number of hydrogen-bond acceptors (Lipinski definition) is 6. The maximum absolute atomic E-state index is 12.4. The fourth-order valence-electron chi connectivity index (χ4n) is 3.57. The lowest BCUT2D eigenvalue weighted by Gasteiger charge is -2.12. The average Bonchev–Trinajstić information content (AvgIpc) is 3.14. The number of rotatable bonds is 11. The van der Waals surface area contributed by atoms with Crippen LogP contribution in [0.2, 0.25) is 0 Å². The lowest BCUT2D eigenvalue weighted by molar-refractivity contribution is -0.121. The van der Waals surface area contributed by atoms with E-state index in [9.17, 15) is 9.59 Å². The van der Waals surface area contributed by atoms with Crippen molar-refractivity contribution < 1.29 is 14.3 Å². The van der Waals surface area contributed by atoms with E-state index in [-0.39, 0.29) is 11.5 Å². The summed E-state index contributed by atoms with van der Waals surface area (Å²) in [5.74, 6) is 1.09. The first-order valence-electron chi connectivity index (χ1n) is 11.0. The fraction of sp³-hybridized carbons (Fsp3) is 0.417. The van der Waals surface area contributed by atoms with E-state index in [1.807, 2.05) is 48.9 Å². The first kappa shape index (κ1) is 24.0. The van der Waals surface area contributed by atoms with Crippen LogP contribution in [0, 0.1) is 13.8 Å². The summed E-state index contributed by atoms with van der Waals surface area (Å²) in [6.45, 7) is 5.67. The molecule has 3 rings (SSSR count). The zero-order chi connectivity index (χ0) is 23.8. The monoisotopic (exact) mass is 453 g/mol. The van der Waals surface area contributed by atoms with Gasteiger partial charge in [0.2, 0.25) is 5.91 Å². The second-order valence-electron chi connectivity index (χ2n) is 7.81. The molecule has 0 saturated carbocycles. The van der Waals surface area contributed by atoms with Gasteiger partial charge < -0.3 is 14.8 Å². The minimum absolute atomic E-state index is 0.0414. The van der Waals surface area contributed by atoms with Gasteiger partial charge in [0.1, 0.15) is 11.4 Å². The zero-order valence-electron chi connectivity index (χ0n) is 19.6. The number of hydrogen-bond donors (Lipinski definition) is 1. The first-order chi connectivity index (χ1) is 15.9. The van der Waals surface area contributed by atoms with Gasteiger partial charge >= 0.3 is 0 Å². The van der Waals surface area contributed by atoms with Crippen LogP contribution in [0.3, 0.4) is 0 Å². The number of aromatic nitrogens is 4. The molecule has 33 heavy (non-hydrogen) atoms. The van der Waals surface area contributed by atoms with Gasteiger partial charge in [-0.1, -0.05) is 0 Å². The predicted molar refractivity (Wildman–Crippen MR) is 126 cm³/mol. The fourth-order valence-corrected chi connectivity index (χ4v) is 3.57. The highest BCUT2D eigenvalue weighted by Crippen LogP contribution is 2.27. The van der Waals surface area contributed by atoms with Gasteiger partial charge in [-0.25, -0.2) is 4.68 Å². The molecule has 0 saturated heterocycles. The van der Waals surface area contributed by atoms with E-state index in [1.54, 1.807) is 7.11 Å². The second-order valence-corrected chi connectivity index (χ2v) is 7.81. The topological polar surface area (TPSA) is 100 Å². The van der Waals surface area contributed by atoms with Crippen LogP contribution in [0.5, 0.6) is 11.5 Å². The highest BCUT2D eigenvalue weighted by molar-refractivity contribution is 5.75. The molecule has 0 spiro atoms. The second kappa shape index (κ2) is 11.3. The molecule has 9 nitrogen and oxygen atoms in total. The Morgan fingerprint density at radius 1 is 0.970 bits per heavy atom. The molecule has 0 radical (unpaired) electrons. The highest BCUT2D eigenvalue weighted by atomic mass is 16.5. The van der Waals surface area contributed by atoms with Crippen molar-refractivity contribution >= 4 is 5.91 Å². The van der Waals surface area contributed by atoms with Gasteiger partial charge in [0.15, 0.2) is 5.75 Å². The number of benzene rings is 1. The number of amides is 1. The van der Waals surface area contributed by atoms with E-state index in [0.717, 1.165) is 35.7 Å². The van der Waals surface area contributed by atoms with Crippen LogP contribution in [-0.2, 0) is 17.9 Å². The van der Waals surface area contributed by atoms with Gasteiger partial charge in [0.05, 0.1) is 19.9 Å². The van der Waals surface area contributed by atoms with Crippen LogP contribution in [0.25, 0.3) is 11.3 Å². The van der Waals surface area contributed by atoms with Gasteiger partial charge in [-0.2, -0.15) is 10.2 Å². The Kier molecular flexibility index (Phi) is 8.23. The zero-order valence-corrected chi connectivity index (χ0v) is 19.6. The van der Waals surface area contributed by atoms with Crippen LogP contribution in [0.15, 0.2) is 41.2 Å². The molecule has 0 aliphatic rings. The molecule has 9 heteroatoms. The Morgan fingerprint density at radius 2 is 1.70 bits per heavy atom. The van der Waals surface area contributed by atoms with Gasteiger partial charge in [-0.05, 0) is 57.0 Å². The molecule has 1 amide bonds. The predicted octanol–water partition coefficient (Wildman–Crippen LogP) is 2.73. The van der Waals surface area contributed by atoms with E-state index in [0.29, 0.717) is 37.4 Å². The Hall–Kier alpha value is -3.62. The number of nitrogens with one attached hydrogen (secondary N) is 1. The van der Waals surface area contributed by atoms with Gasteiger partial charge in [0, 0.05) is 43.4 Å². The third-order valence-corrected chi connectivity index (χ3v) is 5.29. The molecule has 0 atom stereocenters. The molecule has 0 aliphatic heterocycles. The number of methoxy groups -OCH3 is 2. The van der Waals surface area contributed by atoms with E-state index >= 15 is 0 Å². The Balaban J connectivity index is 1.52. The minimum atomic E-state index is -0.269. The van der Waals surface area contributed by atoms with Crippen molar-refractivity contribution in [2.75, 3.05) is 20.8 Å². The quantitative estimate of drug-likeness (QED) is 0.448. The molecule has 0 aliphatic carbocycles. The highest BCUT2D eigenvalue weighted by Gasteiger charge is 2.12. The van der Waals surface area contributed by atoms with E-state index in [4.69, 9.17) is 9.47 Å². The molecule has 0 fully saturated rings. The molecule has 1 aromatic carbocycles. The summed E-state index contributed by atoms with van der Waals surface area (Å²) in [7, 11) is 3.11. The lowest BCUT2D eigenvalue weighted by Crippen LogP contribution is -2.27. The molecule has 0 bridgehead atoms. The van der Waals surface area contributed by atoms with Crippen LogP contribution in [0.4, 0.5) is 0 Å². The maximum Gasteiger partial charge on any atom is 0.270 e. The molecule has 2 heterocycles. The standard InChI is InChI=1S/C24H31N5O4/c1-17-15-18(2)28(26-17)14-6-12-25-22(30)7-5-13-29-23(31)16-21(33-4)24(27-29)19-8-10-20(32-3)11-9-19/h8-11,15-16H,5-7,12-14H2,1-4H3,(H,25,30). The summed E-state index contributed by atoms with van der Waals surface area (Å²) >= 11 is 0. The Morgan fingerprint density at radius 3 is 2.33 bits per heavy atom. The molecule has 176 valence electrons. The summed E-state index contributed by atoms with van der Waals surface area (Å²) in [4.78, 5) is 24.6. The summed E-state index contributed by atoms with van der Waals surface area (Å²) in [5.41, 5.74) is 3.21. The molecule has 1 N–H and O–H groups in total. The summed E-state index contributed by atoms with van der Waals surface area (Å²) in [5, 5.41) is 11.8. The first-order valence-corrected chi connectivity index (χ1v) is 11.0. The van der Waals surface area contributed by atoms with Crippen LogP contribution in [-0.4, -0.2) is 46.2 Å². The van der Waals surface area contributed by atoms with Crippen molar-refractivity contribution in [2.24, 2.45) is 0 Å². The lowest BCUT2D eigenvalue weighted by atomic mass is 10.1. The minimum Gasteiger partial charge on any atom is -0.497 e. The van der Waals surface area contributed by atoms with Crippen LogP contribution >= 0.6 is 0 Å². The largest absolute Gasteiger partial charge is 0.497 e. The number of aryl methyl sites for hydroxylation is 4. The van der Waals surface area contributed by atoms with E-state index in [2.05, 4.69) is 15.5 Å². The summed E-state index contributed by atoms with van der Waals surface area (Å²) in [6, 6.07) is 10.8. The molecular weight excluding hydrogens is 422 g/mol. The number of carbonyl (C=O) groups is 1. The maximum atomic E-state index is 12.4. The number of nitrogens with zero attached hydrogens (tertiary/aromatic N) is 4. The van der Waals surface area contributed by atoms with Crippen molar-refractivity contribution in [3.63, 3.8) is 0 Å². The Bertz CT molecular complexity index is 1130. The van der Waals surface area contributed by atoms with E-state index in [1.165, 1.54) is 17.9 Å². The van der Waals surface area contributed by atoms with Crippen LogP contribution in [0.1, 0.15) is 30.7 Å². The van der Waals surface area contributed by atoms with E-state index < -0.39 is 0 Å². The average molecular weight is 454 g/mol. The summed E-state index contributed by atoms with van der Waals surface area (Å²) < 4.78 is 13.9. The SMILES string of the molecule is COc1ccc(-c2nn(CCCC(=O)NCCCn3nc(C)cc3C)c(=O)cc2OC)cc1. The molecule has 0 unspecified atom stereocenters. The van der Waals surface area contributed by atoms with Crippen molar-refractivity contribution in [1.82, 2.24) is 24.9 Å². The number of ether oxygens (including phenoxy) is 2. The van der Waals surface area contributed by atoms with Crippen molar-refractivity contribution in [3.8, 4) is 22.8 Å². The molecule has 3 aromatic rings. The van der Waals surface area contributed by atoms with Gasteiger partial charge in [-0.3, -0.25) is 14.3 Å². The Labute approximate surface area is 193 Å². The van der Waals surface area contributed by atoms with Crippen molar-refractivity contribution in [2.45, 2.75) is 46.2 Å². The third-order valence-electron chi connectivity index (χ3n) is 5.29. The van der Waals surface area contributed by atoms with Gasteiger partial charge in [0.25, 0.3) is 5.56 Å². The van der Waals surface area contributed by atoms with Crippen LogP contribution < -0.4 is 20.3 Å². The van der Waals surface area contributed by atoms with Crippen molar-refractivity contribution in [1.29, 1.82) is 0 Å². The van der Waals surface area contributed by atoms with Crippen molar-refractivity contribution in [3.05, 3.63) is 58.1 Å². The summed E-state index contributed by atoms with van der Waals surface area (Å²) in [6.07, 6.45) is 1.63. The van der Waals surface area contributed by atoms with Gasteiger partial charge in [-0.15, -0.1) is 0 Å². The molecular formula is C24H31N5O4. The number of carbonyl (C=O) groups excluding carboxylic acids is 1. The normalized spacial score (nSPS) is 10.8. The smallest absolute Gasteiger partial charge is 0.270 e. The third kappa shape index (κ3) is 6.44.